The number of nitrogens with two attached hydrogens (primary N) is 1. The van der Waals surface area contributed by atoms with E-state index in [4.69, 9.17) is 44.9 Å². The van der Waals surface area contributed by atoms with E-state index in [9.17, 15) is 18.0 Å². The fraction of sp³-hybridized carbons (Fsp3) is 0.122. The lowest BCUT2D eigenvalue weighted by Crippen LogP contribution is -2.14. The third-order valence-corrected chi connectivity index (χ3v) is 9.71. The molecule has 4 heterocycles. The van der Waals surface area contributed by atoms with Crippen LogP contribution in [-0.2, 0) is 14.3 Å². The van der Waals surface area contributed by atoms with Gasteiger partial charge >= 0.3 is 0 Å². The van der Waals surface area contributed by atoms with Gasteiger partial charge in [-0.1, -0.05) is 29.9 Å². The molecule has 4 aromatic heterocycles. The van der Waals surface area contributed by atoms with Gasteiger partial charge in [0, 0.05) is 23.4 Å². The summed E-state index contributed by atoms with van der Waals surface area (Å²) in [6.45, 7) is 2.74. The molecule has 7 aromatic rings. The van der Waals surface area contributed by atoms with Crippen LogP contribution in [-0.4, -0.2) is 50.8 Å². The number of ether oxygens (including phenoxy) is 2. The molecule has 0 saturated carbocycles. The van der Waals surface area contributed by atoms with Crippen LogP contribution in [0.2, 0.25) is 0 Å². The van der Waals surface area contributed by atoms with Crippen LogP contribution in [0.15, 0.2) is 152 Å². The lowest BCUT2D eigenvalue weighted by atomic mass is 10.2. The van der Waals surface area contributed by atoms with Crippen molar-refractivity contribution in [1.29, 1.82) is 0 Å². The van der Waals surface area contributed by atoms with Crippen molar-refractivity contribution in [3.63, 3.8) is 0 Å². The molecule has 0 fully saturated rings. The zero-order chi connectivity index (χ0) is 40.5. The van der Waals surface area contributed by atoms with Crippen molar-refractivity contribution in [2.75, 3.05) is 20.8 Å². The number of aryl methyl sites for hydroxylation is 1. The van der Waals surface area contributed by atoms with Gasteiger partial charge in [-0.2, -0.15) is 8.42 Å². The summed E-state index contributed by atoms with van der Waals surface area (Å²) in [5, 5.41) is 2.97. The first-order valence-electron chi connectivity index (χ1n) is 16.5. The molecule has 3 aromatic carbocycles. The highest BCUT2D eigenvalue weighted by Crippen LogP contribution is 2.30. The zero-order valence-electron chi connectivity index (χ0n) is 30.7. The molecule has 7 rings (SSSR count). The lowest BCUT2D eigenvalue weighted by molar-refractivity contribution is 0.0896. The standard InChI is InChI=1S/C14H11NO2S.C13H12O5S.C8H9NOS.C6H6O2/c1-16-11-6-4-10(5-7-11)14-15-12(9-18-14)13-3-2-8-17-13;1-10-4-6-11(7-5-10)19(15,16)18-9-12(14)13-3-2-8-17-13;1-10-7-4-2-6(3-5-7)8(9)11;1-5(7)6-3-2-4-8-6/h2-9H,1H3;2-8H,9H2,1H3;2-5H,1H3,(H2,9,11);2-4H,1H3. The maximum absolute atomic E-state index is 11.8. The molecule has 0 bridgehead atoms. The van der Waals surface area contributed by atoms with Crippen molar-refractivity contribution in [2.24, 2.45) is 5.73 Å². The van der Waals surface area contributed by atoms with Crippen LogP contribution >= 0.6 is 23.6 Å². The molecule has 0 aliphatic heterocycles. The number of ketones is 2. The van der Waals surface area contributed by atoms with Crippen LogP contribution in [0.4, 0.5) is 0 Å². The molecule has 0 saturated heterocycles. The maximum Gasteiger partial charge on any atom is 0.297 e. The lowest BCUT2D eigenvalue weighted by Gasteiger charge is -2.04. The second kappa shape index (κ2) is 21.1. The van der Waals surface area contributed by atoms with E-state index in [0.29, 0.717) is 10.7 Å². The normalized spacial score (nSPS) is 10.4. The molecular formula is C41H38N2O10S3. The minimum absolute atomic E-state index is 0.0188. The van der Waals surface area contributed by atoms with Crippen molar-refractivity contribution in [1.82, 2.24) is 4.98 Å². The Morgan fingerprint density at radius 1 is 0.768 bits per heavy atom. The molecule has 12 nitrogen and oxygen atoms in total. The van der Waals surface area contributed by atoms with E-state index < -0.39 is 22.5 Å². The van der Waals surface area contributed by atoms with Gasteiger partial charge in [0.2, 0.25) is 5.78 Å². The number of methoxy groups -OCH3 is 2. The van der Waals surface area contributed by atoms with Crippen molar-refractivity contribution < 1.29 is 44.9 Å². The summed E-state index contributed by atoms with van der Waals surface area (Å²) in [6.07, 6.45) is 4.47. The summed E-state index contributed by atoms with van der Waals surface area (Å²) < 4.78 is 53.4. The highest BCUT2D eigenvalue weighted by molar-refractivity contribution is 7.86. The summed E-state index contributed by atoms with van der Waals surface area (Å²) in [5.41, 5.74) is 9.15. The van der Waals surface area contributed by atoms with Crippen LogP contribution in [0.25, 0.3) is 22.0 Å². The Kier molecular flexibility index (Phi) is 16.0. The minimum atomic E-state index is -3.93. The van der Waals surface area contributed by atoms with E-state index in [0.717, 1.165) is 44.7 Å². The maximum atomic E-state index is 11.8. The van der Waals surface area contributed by atoms with E-state index in [1.165, 1.54) is 37.6 Å². The highest BCUT2D eigenvalue weighted by Gasteiger charge is 2.19. The number of thiazole rings is 1. The molecule has 56 heavy (non-hydrogen) atoms. The van der Waals surface area contributed by atoms with Crippen LogP contribution < -0.4 is 15.2 Å². The van der Waals surface area contributed by atoms with Gasteiger partial charge < -0.3 is 28.5 Å². The smallest absolute Gasteiger partial charge is 0.297 e. The number of thiocarbonyl (C=S) groups is 1. The minimum Gasteiger partial charge on any atom is -0.497 e. The molecule has 0 radical (unpaired) electrons. The van der Waals surface area contributed by atoms with E-state index >= 15 is 0 Å². The van der Waals surface area contributed by atoms with Gasteiger partial charge in [0.15, 0.2) is 23.1 Å². The highest BCUT2D eigenvalue weighted by atomic mass is 32.2. The van der Waals surface area contributed by atoms with Gasteiger partial charge in [-0.25, -0.2) is 4.98 Å². The van der Waals surface area contributed by atoms with E-state index in [1.54, 1.807) is 62.2 Å². The fourth-order valence-electron chi connectivity index (χ4n) is 4.32. The third-order valence-electron chi connectivity index (χ3n) is 7.31. The van der Waals surface area contributed by atoms with Crippen LogP contribution in [0.3, 0.4) is 0 Å². The van der Waals surface area contributed by atoms with Crippen molar-refractivity contribution >= 4 is 50.2 Å². The Morgan fingerprint density at radius 2 is 1.32 bits per heavy atom. The Balaban J connectivity index is 0.000000174. The fourth-order valence-corrected chi connectivity index (χ4v) is 6.14. The molecule has 2 N–H and O–H groups in total. The first-order chi connectivity index (χ1) is 26.9. The number of carbonyl (C=O) groups is 2. The van der Waals surface area contributed by atoms with Crippen LogP contribution in [0, 0.1) is 6.92 Å². The summed E-state index contributed by atoms with van der Waals surface area (Å²) in [7, 11) is -0.645. The molecule has 0 atom stereocenters. The number of hydrogen-bond donors (Lipinski definition) is 1. The Bertz CT molecular complexity index is 2350. The molecular weight excluding hydrogens is 777 g/mol. The number of carbonyl (C=O) groups excluding carboxylic acids is 2. The van der Waals surface area contributed by atoms with Crippen LogP contribution in [0.5, 0.6) is 11.5 Å². The van der Waals surface area contributed by atoms with Crippen molar-refractivity contribution in [3.05, 3.63) is 156 Å². The van der Waals surface area contributed by atoms with Gasteiger partial charge in [0.1, 0.15) is 33.8 Å². The molecule has 290 valence electrons. The van der Waals surface area contributed by atoms with Gasteiger partial charge in [0.25, 0.3) is 10.1 Å². The molecule has 15 heteroatoms. The summed E-state index contributed by atoms with van der Waals surface area (Å²) in [5.74, 6) is 2.39. The number of hydrogen-bond acceptors (Lipinski definition) is 13. The number of aromatic nitrogens is 1. The topological polar surface area (TPSA) is 174 Å². The third kappa shape index (κ3) is 13.0. The molecule has 0 aliphatic rings. The Hall–Kier alpha value is -6.13. The average molecular weight is 815 g/mol. The quantitative estimate of drug-likeness (QED) is 0.0745. The second-order valence-corrected chi connectivity index (χ2v) is 14.2. The monoisotopic (exact) mass is 814 g/mol. The summed E-state index contributed by atoms with van der Waals surface area (Å²) >= 11 is 6.38. The first kappa shape index (κ1) is 42.6. The van der Waals surface area contributed by atoms with Crippen LogP contribution in [0.1, 0.15) is 39.2 Å². The van der Waals surface area contributed by atoms with Crippen molar-refractivity contribution in [2.45, 2.75) is 18.7 Å². The number of benzene rings is 3. The van der Waals surface area contributed by atoms with Gasteiger partial charge in [-0.05, 0) is 104 Å². The van der Waals surface area contributed by atoms with Crippen molar-refractivity contribution in [3.8, 4) is 33.5 Å². The number of rotatable bonds is 11. The largest absolute Gasteiger partial charge is 0.497 e. The van der Waals surface area contributed by atoms with Gasteiger partial charge in [-0.3, -0.25) is 13.8 Å². The first-order valence-corrected chi connectivity index (χ1v) is 19.2. The molecule has 0 amide bonds. The van der Waals surface area contributed by atoms with E-state index in [-0.39, 0.29) is 16.4 Å². The van der Waals surface area contributed by atoms with Gasteiger partial charge in [0.05, 0.1) is 37.9 Å². The number of furan rings is 3. The molecule has 0 unspecified atom stereocenters. The molecule has 0 aliphatic carbocycles. The van der Waals surface area contributed by atoms with E-state index in [1.807, 2.05) is 73.0 Å². The predicted molar refractivity (Wildman–Crippen MR) is 217 cm³/mol. The average Bonchev–Trinajstić information content (AvgIpc) is 4.06. The second-order valence-electron chi connectivity index (χ2n) is 11.3. The summed E-state index contributed by atoms with van der Waals surface area (Å²) in [4.78, 5) is 27.0. The molecule has 0 spiro atoms. The Morgan fingerprint density at radius 3 is 1.80 bits per heavy atom. The SMILES string of the molecule is CC(=O)c1ccco1.COc1ccc(-c2nc(-c3ccco3)cs2)cc1.COc1ccc(C(N)=S)cc1.Cc1ccc(S(=O)(=O)OCC(=O)c2ccco2)cc1. The predicted octanol–water partition coefficient (Wildman–Crippen LogP) is 9.07. The summed E-state index contributed by atoms with van der Waals surface area (Å²) in [6, 6.07) is 31.5. The van der Waals surface area contributed by atoms with E-state index in [2.05, 4.69) is 4.98 Å². The van der Waals surface area contributed by atoms with Gasteiger partial charge in [-0.15, -0.1) is 11.3 Å². The number of nitrogens with zero attached hydrogens (tertiary/aromatic N) is 1. The zero-order valence-corrected chi connectivity index (χ0v) is 33.2. The number of Topliss-reactive ketones (excluding diaryl/α,β-unsaturated/α-hetero) is 2. The Labute approximate surface area is 333 Å².